The van der Waals surface area contributed by atoms with Crippen molar-refractivity contribution in [1.29, 1.82) is 0 Å². The van der Waals surface area contributed by atoms with Crippen molar-refractivity contribution in [2.24, 2.45) is 5.92 Å². The maximum absolute atomic E-state index is 13.5. The Hall–Kier alpha value is -2.37. The molecule has 0 radical (unpaired) electrons. The first-order valence-electron chi connectivity index (χ1n) is 9.98. The van der Waals surface area contributed by atoms with E-state index >= 15 is 0 Å². The average Bonchev–Trinajstić information content (AvgIpc) is 2.72. The average molecular weight is 414 g/mol. The van der Waals surface area contributed by atoms with Gasteiger partial charge >= 0.3 is 0 Å². The van der Waals surface area contributed by atoms with Gasteiger partial charge in [0.25, 0.3) is 5.91 Å². The highest BCUT2D eigenvalue weighted by molar-refractivity contribution is 6.33. The van der Waals surface area contributed by atoms with E-state index in [4.69, 9.17) is 11.6 Å². The second-order valence-corrected chi connectivity index (χ2v) is 8.30. The van der Waals surface area contributed by atoms with Crippen molar-refractivity contribution in [1.82, 2.24) is 15.1 Å². The number of rotatable bonds is 5. The lowest BCUT2D eigenvalue weighted by atomic mass is 9.97. The molecular formula is C23H28ClN3O2. The Morgan fingerprint density at radius 2 is 1.69 bits per heavy atom. The highest BCUT2D eigenvalue weighted by Gasteiger charge is 2.36. The third-order valence-corrected chi connectivity index (χ3v) is 5.72. The largest absolute Gasteiger partial charge is 0.340 e. The number of benzene rings is 2. The van der Waals surface area contributed by atoms with Gasteiger partial charge in [0.15, 0.2) is 0 Å². The standard InChI is InChI=1S/C23H28ClN3O2/c1-16(2)21(25-22(28)18-11-7-8-12-19(18)24)23(29)27-14-13-26(3)15-20(27)17-9-5-4-6-10-17/h4-12,16,20-21H,13-15H2,1-3H3,(H,25,28)/t20?,21-/m0/s1. The van der Waals surface area contributed by atoms with Crippen molar-refractivity contribution in [3.05, 3.63) is 70.7 Å². The smallest absolute Gasteiger partial charge is 0.253 e. The SMILES string of the molecule is CC(C)[C@H](NC(=O)c1ccccc1Cl)C(=O)N1CCN(C)CC1c1ccccc1. The molecule has 0 saturated carbocycles. The van der Waals surface area contributed by atoms with E-state index in [-0.39, 0.29) is 23.8 Å². The first kappa shape index (κ1) is 21.3. The number of amides is 2. The molecule has 2 aromatic carbocycles. The zero-order valence-electron chi connectivity index (χ0n) is 17.1. The summed E-state index contributed by atoms with van der Waals surface area (Å²) in [5.41, 5.74) is 1.48. The predicted molar refractivity (Wildman–Crippen MR) is 116 cm³/mol. The van der Waals surface area contributed by atoms with Crippen LogP contribution in [0.25, 0.3) is 0 Å². The number of carbonyl (C=O) groups is 2. The summed E-state index contributed by atoms with van der Waals surface area (Å²) in [5, 5.41) is 3.30. The van der Waals surface area contributed by atoms with Crippen LogP contribution in [0.2, 0.25) is 5.02 Å². The number of hydrogen-bond donors (Lipinski definition) is 1. The van der Waals surface area contributed by atoms with Gasteiger partial charge in [-0.2, -0.15) is 0 Å². The van der Waals surface area contributed by atoms with E-state index in [0.717, 1.165) is 18.7 Å². The lowest BCUT2D eigenvalue weighted by molar-refractivity contribution is -0.139. The highest BCUT2D eigenvalue weighted by atomic mass is 35.5. The number of carbonyl (C=O) groups excluding carboxylic acids is 2. The summed E-state index contributed by atoms with van der Waals surface area (Å²) in [6, 6.07) is 16.3. The summed E-state index contributed by atoms with van der Waals surface area (Å²) >= 11 is 6.17. The van der Waals surface area contributed by atoms with Crippen LogP contribution in [0.15, 0.2) is 54.6 Å². The Morgan fingerprint density at radius 1 is 1.03 bits per heavy atom. The van der Waals surface area contributed by atoms with Crippen LogP contribution < -0.4 is 5.32 Å². The number of piperazine rings is 1. The number of hydrogen-bond acceptors (Lipinski definition) is 3. The normalized spacial score (nSPS) is 18.5. The van der Waals surface area contributed by atoms with Gasteiger partial charge in [0.1, 0.15) is 6.04 Å². The van der Waals surface area contributed by atoms with Gasteiger partial charge in [-0.15, -0.1) is 0 Å². The van der Waals surface area contributed by atoms with E-state index in [2.05, 4.69) is 29.4 Å². The number of halogens is 1. The van der Waals surface area contributed by atoms with E-state index in [1.807, 2.05) is 36.9 Å². The van der Waals surface area contributed by atoms with Gasteiger partial charge in [0, 0.05) is 19.6 Å². The third-order valence-electron chi connectivity index (χ3n) is 5.39. The summed E-state index contributed by atoms with van der Waals surface area (Å²) in [7, 11) is 2.07. The van der Waals surface area contributed by atoms with Gasteiger partial charge in [0.2, 0.25) is 5.91 Å². The van der Waals surface area contributed by atoms with Crippen molar-refractivity contribution >= 4 is 23.4 Å². The second-order valence-electron chi connectivity index (χ2n) is 7.90. The molecule has 1 unspecified atom stereocenters. The summed E-state index contributed by atoms with van der Waals surface area (Å²) in [6.07, 6.45) is 0. The van der Waals surface area contributed by atoms with Crippen LogP contribution in [0.3, 0.4) is 0 Å². The summed E-state index contributed by atoms with van der Waals surface area (Å²) in [6.45, 7) is 6.09. The zero-order valence-corrected chi connectivity index (χ0v) is 17.9. The van der Waals surface area contributed by atoms with Gasteiger partial charge < -0.3 is 15.1 Å². The molecule has 0 aromatic heterocycles. The first-order chi connectivity index (χ1) is 13.9. The van der Waals surface area contributed by atoms with E-state index in [9.17, 15) is 9.59 Å². The molecule has 0 bridgehead atoms. The fourth-order valence-corrected chi connectivity index (χ4v) is 3.92. The van der Waals surface area contributed by atoms with E-state index in [1.165, 1.54) is 0 Å². The molecule has 5 nitrogen and oxygen atoms in total. The monoisotopic (exact) mass is 413 g/mol. The Balaban J connectivity index is 1.83. The van der Waals surface area contributed by atoms with Crippen molar-refractivity contribution in [3.63, 3.8) is 0 Å². The van der Waals surface area contributed by atoms with E-state index in [0.29, 0.717) is 17.1 Å². The summed E-state index contributed by atoms with van der Waals surface area (Å²) in [5.74, 6) is -0.430. The minimum Gasteiger partial charge on any atom is -0.340 e. The molecule has 6 heteroatoms. The molecule has 154 valence electrons. The summed E-state index contributed by atoms with van der Waals surface area (Å²) in [4.78, 5) is 30.5. The highest BCUT2D eigenvalue weighted by Crippen LogP contribution is 2.26. The molecule has 0 aliphatic carbocycles. The van der Waals surface area contributed by atoms with Crippen LogP contribution in [0, 0.1) is 5.92 Å². The van der Waals surface area contributed by atoms with Crippen LogP contribution in [0.5, 0.6) is 0 Å². The Kier molecular flexibility index (Phi) is 6.93. The molecule has 3 rings (SSSR count). The van der Waals surface area contributed by atoms with Gasteiger partial charge in [-0.1, -0.05) is 67.9 Å². The maximum atomic E-state index is 13.5. The molecular weight excluding hydrogens is 386 g/mol. The van der Waals surface area contributed by atoms with Crippen molar-refractivity contribution < 1.29 is 9.59 Å². The lowest BCUT2D eigenvalue weighted by Gasteiger charge is -2.42. The molecule has 2 aromatic rings. The van der Waals surface area contributed by atoms with Crippen LogP contribution in [0.4, 0.5) is 0 Å². The van der Waals surface area contributed by atoms with E-state index < -0.39 is 6.04 Å². The van der Waals surface area contributed by atoms with Crippen LogP contribution in [-0.4, -0.2) is 54.3 Å². The summed E-state index contributed by atoms with van der Waals surface area (Å²) < 4.78 is 0. The molecule has 29 heavy (non-hydrogen) atoms. The third kappa shape index (κ3) is 4.98. The Morgan fingerprint density at radius 3 is 2.34 bits per heavy atom. The molecule has 1 fully saturated rings. The predicted octanol–water partition coefficient (Wildman–Crippen LogP) is 3.61. The Bertz CT molecular complexity index is 856. The number of nitrogens with zero attached hydrogens (tertiary/aromatic N) is 2. The molecule has 1 aliphatic rings. The quantitative estimate of drug-likeness (QED) is 0.814. The molecule has 1 N–H and O–H groups in total. The minimum atomic E-state index is -0.617. The second kappa shape index (κ2) is 9.42. The van der Waals surface area contributed by atoms with Gasteiger partial charge in [-0.25, -0.2) is 0 Å². The topological polar surface area (TPSA) is 52.7 Å². The maximum Gasteiger partial charge on any atom is 0.253 e. The zero-order chi connectivity index (χ0) is 21.0. The van der Waals surface area contributed by atoms with Crippen LogP contribution >= 0.6 is 11.6 Å². The van der Waals surface area contributed by atoms with Gasteiger partial charge in [-0.05, 0) is 30.7 Å². The van der Waals surface area contributed by atoms with Crippen LogP contribution in [0.1, 0.15) is 35.8 Å². The van der Waals surface area contributed by atoms with E-state index in [1.54, 1.807) is 24.3 Å². The van der Waals surface area contributed by atoms with Gasteiger partial charge in [-0.3, -0.25) is 9.59 Å². The number of likely N-dealkylation sites (N-methyl/N-ethyl adjacent to an activating group) is 1. The molecule has 1 heterocycles. The van der Waals surface area contributed by atoms with Crippen molar-refractivity contribution in [2.45, 2.75) is 25.9 Å². The molecule has 2 amide bonds. The molecule has 1 saturated heterocycles. The lowest BCUT2D eigenvalue weighted by Crippen LogP contribution is -2.57. The Labute approximate surface area is 177 Å². The molecule has 1 aliphatic heterocycles. The fraction of sp³-hybridized carbons (Fsp3) is 0.391. The van der Waals surface area contributed by atoms with Gasteiger partial charge in [0.05, 0.1) is 16.6 Å². The minimum absolute atomic E-state index is 0.0408. The van der Waals surface area contributed by atoms with Crippen molar-refractivity contribution in [2.75, 3.05) is 26.7 Å². The fourth-order valence-electron chi connectivity index (χ4n) is 3.70. The molecule has 0 spiro atoms. The first-order valence-corrected chi connectivity index (χ1v) is 10.4. The molecule has 2 atom stereocenters. The van der Waals surface area contributed by atoms with Crippen molar-refractivity contribution in [3.8, 4) is 0 Å². The van der Waals surface area contributed by atoms with Crippen LogP contribution in [-0.2, 0) is 4.79 Å². The number of nitrogens with one attached hydrogen (secondary N) is 1.